The van der Waals surface area contributed by atoms with E-state index >= 15 is 0 Å². The Hall–Kier alpha value is -0.170. The predicted molar refractivity (Wildman–Crippen MR) is 63.1 cm³/mol. The monoisotopic (exact) mass is 309 g/mol. The first-order valence-electron chi connectivity index (χ1n) is 4.83. The van der Waals surface area contributed by atoms with Crippen molar-refractivity contribution in [3.63, 3.8) is 0 Å². The summed E-state index contributed by atoms with van der Waals surface area (Å²) >= 11 is 1.96. The molecular weight excluding hydrogens is 293 g/mol. The SMILES string of the molecule is CCn1nncc1CC(OI)C(C)C. The Labute approximate surface area is 98.7 Å². The van der Waals surface area contributed by atoms with E-state index in [1.165, 1.54) is 0 Å². The molecule has 0 saturated carbocycles. The van der Waals surface area contributed by atoms with Crippen LogP contribution in [0.4, 0.5) is 0 Å². The van der Waals surface area contributed by atoms with Gasteiger partial charge in [0.15, 0.2) is 0 Å². The molecule has 1 aromatic heterocycles. The summed E-state index contributed by atoms with van der Waals surface area (Å²) in [6.07, 6.45) is 2.93. The van der Waals surface area contributed by atoms with E-state index in [0.717, 1.165) is 18.7 Å². The zero-order chi connectivity index (χ0) is 10.6. The molecule has 0 aliphatic rings. The van der Waals surface area contributed by atoms with Crippen LogP contribution in [0.5, 0.6) is 0 Å². The summed E-state index contributed by atoms with van der Waals surface area (Å²) in [5.41, 5.74) is 1.14. The largest absolute Gasteiger partial charge is 0.312 e. The highest BCUT2D eigenvalue weighted by atomic mass is 127. The van der Waals surface area contributed by atoms with E-state index in [0.29, 0.717) is 5.92 Å². The van der Waals surface area contributed by atoms with Gasteiger partial charge in [-0.25, -0.2) is 4.68 Å². The molecule has 0 aromatic carbocycles. The van der Waals surface area contributed by atoms with Crippen molar-refractivity contribution in [1.82, 2.24) is 15.0 Å². The normalized spacial score (nSPS) is 13.5. The van der Waals surface area contributed by atoms with Crippen molar-refractivity contribution in [3.05, 3.63) is 11.9 Å². The first-order valence-corrected chi connectivity index (χ1v) is 5.71. The first-order chi connectivity index (χ1) is 6.69. The highest BCUT2D eigenvalue weighted by molar-refractivity contribution is 14.1. The predicted octanol–water partition coefficient (Wildman–Crippen LogP) is 2.23. The summed E-state index contributed by atoms with van der Waals surface area (Å²) in [7, 11) is 0. The van der Waals surface area contributed by atoms with Crippen LogP contribution >= 0.6 is 23.0 Å². The minimum atomic E-state index is 0.236. The zero-order valence-corrected chi connectivity index (χ0v) is 10.9. The lowest BCUT2D eigenvalue weighted by atomic mass is 10.0. The highest BCUT2D eigenvalue weighted by Gasteiger charge is 2.16. The smallest absolute Gasteiger partial charge is 0.110 e. The van der Waals surface area contributed by atoms with Gasteiger partial charge in [0.05, 0.1) is 18.0 Å². The van der Waals surface area contributed by atoms with Gasteiger partial charge in [-0.2, -0.15) is 0 Å². The number of aromatic nitrogens is 3. The minimum Gasteiger partial charge on any atom is -0.312 e. The minimum absolute atomic E-state index is 0.236. The molecule has 0 aliphatic carbocycles. The molecule has 0 saturated heterocycles. The molecule has 1 atom stereocenters. The van der Waals surface area contributed by atoms with Crippen LogP contribution in [0.25, 0.3) is 0 Å². The highest BCUT2D eigenvalue weighted by Crippen LogP contribution is 2.15. The summed E-state index contributed by atoms with van der Waals surface area (Å²) in [6.45, 7) is 7.24. The lowest BCUT2D eigenvalue weighted by molar-refractivity contribution is 0.211. The van der Waals surface area contributed by atoms with Crippen LogP contribution in [0, 0.1) is 5.92 Å². The molecular formula is C9H16IN3O. The zero-order valence-electron chi connectivity index (χ0n) is 8.77. The van der Waals surface area contributed by atoms with Gasteiger partial charge in [0.25, 0.3) is 0 Å². The second-order valence-corrected chi connectivity index (χ2v) is 4.13. The van der Waals surface area contributed by atoms with Crippen molar-refractivity contribution in [2.75, 3.05) is 0 Å². The summed E-state index contributed by atoms with van der Waals surface area (Å²) in [6, 6.07) is 0. The Morgan fingerprint density at radius 3 is 2.79 bits per heavy atom. The summed E-state index contributed by atoms with van der Waals surface area (Å²) < 4.78 is 7.29. The topological polar surface area (TPSA) is 39.9 Å². The fourth-order valence-electron chi connectivity index (χ4n) is 1.28. The summed E-state index contributed by atoms with van der Waals surface area (Å²) in [5, 5.41) is 7.88. The van der Waals surface area contributed by atoms with E-state index < -0.39 is 0 Å². The van der Waals surface area contributed by atoms with E-state index in [-0.39, 0.29) is 6.10 Å². The average molecular weight is 309 g/mol. The molecule has 1 rings (SSSR count). The van der Waals surface area contributed by atoms with Crippen molar-refractivity contribution in [1.29, 1.82) is 0 Å². The lowest BCUT2D eigenvalue weighted by Crippen LogP contribution is -2.20. The van der Waals surface area contributed by atoms with Gasteiger partial charge in [0.1, 0.15) is 23.0 Å². The van der Waals surface area contributed by atoms with E-state index in [1.807, 2.05) is 33.9 Å². The van der Waals surface area contributed by atoms with Crippen LogP contribution in [-0.2, 0) is 16.0 Å². The molecule has 5 heteroatoms. The van der Waals surface area contributed by atoms with Crippen LogP contribution in [0.1, 0.15) is 26.5 Å². The molecule has 0 spiro atoms. The molecule has 0 fully saturated rings. The van der Waals surface area contributed by atoms with E-state index in [9.17, 15) is 0 Å². The van der Waals surface area contributed by atoms with Crippen LogP contribution < -0.4 is 0 Å². The van der Waals surface area contributed by atoms with Gasteiger partial charge in [-0.1, -0.05) is 19.1 Å². The van der Waals surface area contributed by atoms with Gasteiger partial charge in [-0.05, 0) is 12.8 Å². The van der Waals surface area contributed by atoms with Crippen LogP contribution in [0.2, 0.25) is 0 Å². The number of aryl methyl sites for hydroxylation is 1. The van der Waals surface area contributed by atoms with Crippen LogP contribution in [0.3, 0.4) is 0 Å². The number of nitrogens with zero attached hydrogens (tertiary/aromatic N) is 3. The summed E-state index contributed by atoms with van der Waals surface area (Å²) in [5.74, 6) is 0.507. The number of halogens is 1. The van der Waals surface area contributed by atoms with Gasteiger partial charge in [0.2, 0.25) is 0 Å². The Bertz CT molecular complexity index is 275. The maximum absolute atomic E-state index is 5.39. The standard InChI is InChI=1S/C9H16IN3O/c1-4-13-8(6-11-12-13)5-9(14-10)7(2)3/h6-7,9H,4-5H2,1-3H3. The average Bonchev–Trinajstić information content (AvgIpc) is 2.60. The van der Waals surface area contributed by atoms with Crippen molar-refractivity contribution < 1.29 is 3.07 Å². The second kappa shape index (κ2) is 5.65. The summed E-state index contributed by atoms with van der Waals surface area (Å²) in [4.78, 5) is 0. The first kappa shape index (κ1) is 11.9. The van der Waals surface area contributed by atoms with Gasteiger partial charge in [-0.3, -0.25) is 0 Å². The van der Waals surface area contributed by atoms with Crippen molar-refractivity contribution in [3.8, 4) is 0 Å². The fourth-order valence-corrected chi connectivity index (χ4v) is 2.05. The molecule has 80 valence electrons. The second-order valence-electron chi connectivity index (χ2n) is 3.62. The number of rotatable bonds is 5. The molecule has 4 nitrogen and oxygen atoms in total. The van der Waals surface area contributed by atoms with Gasteiger partial charge in [0, 0.05) is 13.0 Å². The third-order valence-electron chi connectivity index (χ3n) is 2.27. The molecule has 1 heterocycles. The number of hydrogen-bond acceptors (Lipinski definition) is 3. The van der Waals surface area contributed by atoms with E-state index in [2.05, 4.69) is 31.1 Å². The molecule has 1 aromatic rings. The van der Waals surface area contributed by atoms with Crippen LogP contribution in [-0.4, -0.2) is 21.1 Å². The molecule has 0 aliphatic heterocycles. The Balaban J connectivity index is 2.66. The Kier molecular flexibility index (Phi) is 4.80. The fraction of sp³-hybridized carbons (Fsp3) is 0.778. The van der Waals surface area contributed by atoms with Crippen molar-refractivity contribution in [2.45, 2.75) is 39.8 Å². The maximum atomic E-state index is 5.39. The molecule has 0 radical (unpaired) electrons. The third-order valence-corrected chi connectivity index (χ3v) is 2.92. The van der Waals surface area contributed by atoms with Gasteiger partial charge < -0.3 is 3.07 Å². The molecule has 0 amide bonds. The van der Waals surface area contributed by atoms with Gasteiger partial charge in [-0.15, -0.1) is 5.10 Å². The molecule has 0 bridgehead atoms. The third kappa shape index (κ3) is 2.91. The molecule has 1 unspecified atom stereocenters. The lowest BCUT2D eigenvalue weighted by Gasteiger charge is -2.17. The quantitative estimate of drug-likeness (QED) is 0.783. The van der Waals surface area contributed by atoms with Crippen molar-refractivity contribution >= 4 is 23.0 Å². The molecule has 0 N–H and O–H groups in total. The Morgan fingerprint density at radius 1 is 1.57 bits per heavy atom. The van der Waals surface area contributed by atoms with Gasteiger partial charge >= 0.3 is 0 Å². The van der Waals surface area contributed by atoms with Crippen molar-refractivity contribution in [2.24, 2.45) is 5.92 Å². The van der Waals surface area contributed by atoms with Crippen LogP contribution in [0.15, 0.2) is 6.20 Å². The van der Waals surface area contributed by atoms with E-state index in [4.69, 9.17) is 3.07 Å². The number of hydrogen-bond donors (Lipinski definition) is 0. The molecule has 14 heavy (non-hydrogen) atoms. The maximum Gasteiger partial charge on any atom is 0.110 e. The van der Waals surface area contributed by atoms with E-state index in [1.54, 1.807) is 0 Å². The Morgan fingerprint density at radius 2 is 2.29 bits per heavy atom.